The molecule has 1 radical (unpaired) electrons. The van der Waals surface area contributed by atoms with E-state index in [0.717, 1.165) is 64.4 Å². The number of nitrogens with one attached hydrogen (secondary N) is 1. The van der Waals surface area contributed by atoms with Crippen LogP contribution in [0.5, 0.6) is 23.0 Å². The Bertz CT molecular complexity index is 2910. The first-order chi connectivity index (χ1) is 28.3. The minimum absolute atomic E-state index is 0. The van der Waals surface area contributed by atoms with Gasteiger partial charge < -0.3 is 41.4 Å². The molecule has 1 saturated heterocycles. The number of thiazole rings is 1. The maximum Gasteiger partial charge on any atom is 0.352 e. The standard InChI is InChI=1S/C33H29N9O13S5.Na/c1-14-6-24(42-33(35-14)37-23(39-42)12-59(51,52)16-2-4-19(43)21(45)7-16)56-9-15-10-57-30-26(29(48)41(30)27(15)31(49)50)38-28(47)25(18-11-58-32(34)36-18)40-55-13-60(53,54)17-3-5-20(44)22(46)8-17;/h2-8,11,26,30,43-46H,9-10,12-13H2,1H3,(H2,34,36)(H,38,47)(H,49,50);/t26-,30-;/m1./s1. The third-order valence-corrected chi connectivity index (χ3v) is 14.7. The van der Waals surface area contributed by atoms with Gasteiger partial charge in [0.15, 0.2) is 49.5 Å². The third-order valence-electron chi connectivity index (χ3n) is 8.66. The van der Waals surface area contributed by atoms with Gasteiger partial charge in [0.25, 0.3) is 17.6 Å². The Morgan fingerprint density at radius 3 is 2.25 bits per heavy atom. The molecule has 22 nitrogen and oxygen atoms in total. The summed E-state index contributed by atoms with van der Waals surface area (Å²) in [7, 11) is -8.33. The first-order valence-corrected chi connectivity index (χ1v) is 23.0. The molecule has 0 bridgehead atoms. The van der Waals surface area contributed by atoms with Gasteiger partial charge in [0.2, 0.25) is 15.8 Å². The number of aliphatic carboxylic acids is 1. The number of aromatic nitrogens is 5. The van der Waals surface area contributed by atoms with E-state index < -0.39 is 94.2 Å². The van der Waals surface area contributed by atoms with Crippen LogP contribution in [0.15, 0.2) is 79.1 Å². The summed E-state index contributed by atoms with van der Waals surface area (Å²) in [6.07, 6.45) is 0. The average Bonchev–Trinajstić information content (AvgIpc) is 3.80. The van der Waals surface area contributed by atoms with Crippen LogP contribution >= 0.6 is 34.9 Å². The first-order valence-electron chi connectivity index (χ1n) is 16.8. The second-order valence-electron chi connectivity index (χ2n) is 12.8. The van der Waals surface area contributed by atoms with E-state index >= 15 is 0 Å². The molecule has 1 fully saturated rings. The van der Waals surface area contributed by atoms with Gasteiger partial charge in [-0.05, 0) is 42.8 Å². The first kappa shape index (κ1) is 45.4. The molecule has 0 spiro atoms. The van der Waals surface area contributed by atoms with Crippen LogP contribution < -0.4 is 11.1 Å². The summed E-state index contributed by atoms with van der Waals surface area (Å²) in [6.45, 7) is 1.67. The van der Waals surface area contributed by atoms with Crippen LogP contribution in [-0.2, 0) is 44.6 Å². The fourth-order valence-corrected chi connectivity index (χ4v) is 11.0. The van der Waals surface area contributed by atoms with Crippen LogP contribution in [0.4, 0.5) is 5.13 Å². The van der Waals surface area contributed by atoms with Crippen LogP contribution in [0.2, 0.25) is 0 Å². The number of carboxylic acids is 1. The second-order valence-corrected chi connectivity index (χ2v) is 19.7. The van der Waals surface area contributed by atoms with Gasteiger partial charge in [-0.15, -0.1) is 40.0 Å². The number of fused-ring (bicyclic) bond motifs is 2. The van der Waals surface area contributed by atoms with Crippen molar-refractivity contribution >= 4 is 118 Å². The van der Waals surface area contributed by atoms with Crippen molar-refractivity contribution < 1.29 is 61.6 Å². The maximum atomic E-state index is 13.5. The number of sulfone groups is 2. The number of carbonyl (C=O) groups excluding carboxylic acids is 2. The number of rotatable bonds is 14. The monoisotopic (exact) mass is 942 g/mol. The van der Waals surface area contributed by atoms with E-state index in [1.54, 1.807) is 13.0 Å². The number of aromatic hydroxyl groups is 4. The van der Waals surface area contributed by atoms with Crippen LogP contribution in [0.25, 0.3) is 5.78 Å². The number of hydrogen-bond acceptors (Lipinski definition) is 21. The average molecular weight is 943 g/mol. The minimum atomic E-state index is -4.26. The van der Waals surface area contributed by atoms with Gasteiger partial charge in [-0.3, -0.25) is 14.5 Å². The molecule has 61 heavy (non-hydrogen) atoms. The number of phenolic OH excluding ortho intramolecular Hbond substituents is 4. The zero-order valence-electron chi connectivity index (χ0n) is 31.4. The molecule has 0 saturated carbocycles. The van der Waals surface area contributed by atoms with Gasteiger partial charge >= 0.3 is 5.97 Å². The molecule has 5 aromatic rings. The fraction of sp³-hybridized carbons (Fsp3) is 0.212. The van der Waals surface area contributed by atoms with Gasteiger partial charge in [0.1, 0.15) is 33.6 Å². The minimum Gasteiger partial charge on any atom is -0.504 e. The van der Waals surface area contributed by atoms with Crippen molar-refractivity contribution in [3.8, 4) is 23.0 Å². The number of hydrogen-bond donors (Lipinski definition) is 7. The number of anilines is 1. The number of nitrogens with two attached hydrogens (primary N) is 1. The summed E-state index contributed by atoms with van der Waals surface area (Å²) >= 11 is 3.23. The van der Waals surface area contributed by atoms with E-state index in [0.29, 0.717) is 16.3 Å². The quantitative estimate of drug-likeness (QED) is 0.0152. The van der Waals surface area contributed by atoms with Crippen LogP contribution in [0.1, 0.15) is 17.2 Å². The zero-order chi connectivity index (χ0) is 43.3. The van der Waals surface area contributed by atoms with Crippen molar-refractivity contribution in [3.63, 3.8) is 0 Å². The Morgan fingerprint density at radius 1 is 0.984 bits per heavy atom. The smallest absolute Gasteiger partial charge is 0.352 e. The predicted octanol–water partition coefficient (Wildman–Crippen LogP) is 0.570. The normalized spacial score (nSPS) is 16.8. The molecule has 2 aliphatic rings. The summed E-state index contributed by atoms with van der Waals surface area (Å²) < 4.78 is 52.9. The van der Waals surface area contributed by atoms with Crippen molar-refractivity contribution in [2.75, 3.05) is 23.2 Å². The van der Waals surface area contributed by atoms with Crippen molar-refractivity contribution in [1.29, 1.82) is 0 Å². The molecule has 8 N–H and O–H groups in total. The van der Waals surface area contributed by atoms with Crippen LogP contribution in [0, 0.1) is 6.92 Å². The van der Waals surface area contributed by atoms with Crippen LogP contribution in [-0.4, -0.2) is 154 Å². The summed E-state index contributed by atoms with van der Waals surface area (Å²) in [4.78, 5) is 57.6. The fourth-order valence-electron chi connectivity index (χ4n) is 5.80. The summed E-state index contributed by atoms with van der Waals surface area (Å²) in [5.74, 6) is -7.24. The molecule has 2 aromatic carbocycles. The molecule has 28 heteroatoms. The Kier molecular flexibility index (Phi) is 13.1. The van der Waals surface area contributed by atoms with Crippen molar-refractivity contribution in [2.24, 2.45) is 5.16 Å². The molecule has 315 valence electrons. The van der Waals surface area contributed by atoms with Crippen molar-refractivity contribution in [3.05, 3.63) is 76.3 Å². The second kappa shape index (κ2) is 17.7. The molecule has 5 heterocycles. The Balaban J connectivity index is 0.00000622. The van der Waals surface area contributed by atoms with Crippen LogP contribution in [0.3, 0.4) is 0 Å². The van der Waals surface area contributed by atoms with Gasteiger partial charge in [0, 0.05) is 64.3 Å². The van der Waals surface area contributed by atoms with Crippen molar-refractivity contribution in [2.45, 2.75) is 38.9 Å². The predicted molar refractivity (Wildman–Crippen MR) is 218 cm³/mol. The molecular formula is C33H29N9NaO13S5. The molecule has 0 aliphatic carbocycles. The van der Waals surface area contributed by atoms with E-state index in [1.165, 1.54) is 21.7 Å². The molecule has 2 atom stereocenters. The number of nitrogen functional groups attached to an aromatic ring is 1. The molecule has 2 amide bonds. The number of nitrogens with zero attached hydrogens (tertiary/aromatic N) is 7. The van der Waals surface area contributed by atoms with Gasteiger partial charge in [-0.25, -0.2) is 31.6 Å². The summed E-state index contributed by atoms with van der Waals surface area (Å²) in [5, 5.41) is 60.3. The van der Waals surface area contributed by atoms with E-state index in [2.05, 4.69) is 30.5 Å². The number of aryl methyl sites for hydroxylation is 1. The van der Waals surface area contributed by atoms with E-state index in [1.807, 2.05) is 0 Å². The maximum absolute atomic E-state index is 13.5. The number of carbonyl (C=O) groups is 3. The summed E-state index contributed by atoms with van der Waals surface area (Å²) in [5.41, 5.74) is 5.61. The number of amides is 2. The number of thioether (sulfide) groups is 2. The largest absolute Gasteiger partial charge is 0.504 e. The zero-order valence-corrected chi connectivity index (χ0v) is 37.4. The van der Waals surface area contributed by atoms with Crippen molar-refractivity contribution in [1.82, 2.24) is 34.8 Å². The number of benzene rings is 2. The molecule has 7 rings (SSSR count). The number of oxime groups is 1. The summed E-state index contributed by atoms with van der Waals surface area (Å²) in [6, 6.07) is 6.23. The molecule has 2 aliphatic heterocycles. The topological polar surface area (TPSA) is 339 Å². The van der Waals surface area contributed by atoms with Gasteiger partial charge in [-0.2, -0.15) is 9.50 Å². The molecule has 3 aromatic heterocycles. The Labute approximate surface area is 378 Å². The van der Waals surface area contributed by atoms with Gasteiger partial charge in [-0.1, -0.05) is 5.16 Å². The SMILES string of the molecule is Cc1cc(SCC2=C(C(=O)O)N3C(=O)[C@@H](NC(=O)C(=NOCS(=O)(=O)c4ccc(O)c(O)c4)c4csc(N)n4)[C@H]3SC2)n2nc(CS(=O)(=O)c3ccc(O)c(O)c3)nc2n1.[Na]. The van der Waals surface area contributed by atoms with E-state index in [4.69, 9.17) is 10.6 Å². The van der Waals surface area contributed by atoms with E-state index in [-0.39, 0.29) is 74.1 Å². The Hall–Kier alpha value is -5.16. The number of phenols is 4. The molecular weight excluding hydrogens is 914 g/mol. The Morgan fingerprint density at radius 2 is 1.64 bits per heavy atom. The molecule has 0 unspecified atom stereocenters. The number of β-lactam (4-membered cyclic amide) rings is 1. The van der Waals surface area contributed by atoms with E-state index in [9.17, 15) is 56.8 Å². The third kappa shape index (κ3) is 9.37. The van der Waals surface area contributed by atoms with Gasteiger partial charge in [0.05, 0.1) is 9.79 Å². The number of carboxylic acid groups (broad SMARTS) is 1.